The van der Waals surface area contributed by atoms with E-state index in [1.165, 1.54) is 0 Å². The summed E-state index contributed by atoms with van der Waals surface area (Å²) in [5.41, 5.74) is 3.32. The van der Waals surface area contributed by atoms with Gasteiger partial charge in [0, 0.05) is 43.0 Å². The Bertz CT molecular complexity index is 1490. The number of anilines is 3. The third-order valence-corrected chi connectivity index (χ3v) is 6.30. The van der Waals surface area contributed by atoms with Crippen molar-refractivity contribution in [2.45, 2.75) is 26.2 Å². The maximum Gasteiger partial charge on any atom is 0.324 e. The smallest absolute Gasteiger partial charge is 0.324 e. The largest absolute Gasteiger partial charge is 0.363 e. The van der Waals surface area contributed by atoms with E-state index in [1.807, 2.05) is 76.3 Å². The van der Waals surface area contributed by atoms with E-state index in [1.54, 1.807) is 17.4 Å². The zero-order valence-corrected chi connectivity index (χ0v) is 20.4. The van der Waals surface area contributed by atoms with Crippen LogP contribution in [0.5, 0.6) is 0 Å². The van der Waals surface area contributed by atoms with Crippen LogP contribution in [-0.2, 0) is 5.41 Å². The Balaban J connectivity index is 1.29. The Labute approximate surface area is 200 Å². The molecule has 0 saturated heterocycles. The van der Waals surface area contributed by atoms with Crippen molar-refractivity contribution in [1.29, 1.82) is 0 Å². The Kier molecular flexibility index (Phi) is 5.24. The van der Waals surface area contributed by atoms with E-state index in [-0.39, 0.29) is 11.4 Å². The van der Waals surface area contributed by atoms with Crippen LogP contribution < -0.4 is 15.5 Å². The molecule has 0 aliphatic heterocycles. The Morgan fingerprint density at radius 1 is 1.06 bits per heavy atom. The average molecular weight is 476 g/mol. The summed E-state index contributed by atoms with van der Waals surface area (Å²) in [6.45, 7) is 6.05. The van der Waals surface area contributed by atoms with Gasteiger partial charge in [-0.3, -0.25) is 9.72 Å². The lowest BCUT2D eigenvalue weighted by atomic mass is 9.93. The number of nitrogens with one attached hydrogen (secondary N) is 2. The number of fused-ring (bicyclic) bond motifs is 3. The summed E-state index contributed by atoms with van der Waals surface area (Å²) in [7, 11) is 3.95. The second kappa shape index (κ2) is 8.14. The predicted octanol–water partition coefficient (Wildman–Crippen LogP) is 5.61. The van der Waals surface area contributed by atoms with Crippen LogP contribution >= 0.6 is 11.3 Å². The molecule has 4 heterocycles. The monoisotopic (exact) mass is 475 g/mol. The summed E-state index contributed by atoms with van der Waals surface area (Å²) < 4.78 is 7.36. The van der Waals surface area contributed by atoms with E-state index in [0.717, 1.165) is 32.4 Å². The number of carbonyl (C=O) groups excluding carboxylic acids is 1. The van der Waals surface area contributed by atoms with Crippen LogP contribution in [0.15, 0.2) is 53.2 Å². The van der Waals surface area contributed by atoms with Crippen LogP contribution in [0, 0.1) is 0 Å². The zero-order valence-electron chi connectivity index (χ0n) is 19.6. The highest BCUT2D eigenvalue weighted by Gasteiger charge is 2.20. The van der Waals surface area contributed by atoms with Gasteiger partial charge in [0.05, 0.1) is 11.2 Å². The number of pyridine rings is 1. The molecule has 0 fully saturated rings. The van der Waals surface area contributed by atoms with Gasteiger partial charge in [-0.2, -0.15) is 0 Å². The quantitative estimate of drug-likeness (QED) is 0.351. The van der Waals surface area contributed by atoms with E-state index in [4.69, 9.17) is 14.5 Å². The molecule has 5 rings (SSSR count). The van der Waals surface area contributed by atoms with E-state index in [9.17, 15) is 4.79 Å². The first-order chi connectivity index (χ1) is 16.2. The SMILES string of the molecule is CN(C)c1ccc2c(n1)sc1nc(-c3ccc(NC(=O)Nc4cc(C(C)(C)C)on4)cc3)cn12. The molecule has 0 spiro atoms. The van der Waals surface area contributed by atoms with E-state index >= 15 is 0 Å². The third kappa shape index (κ3) is 4.19. The Morgan fingerprint density at radius 2 is 1.82 bits per heavy atom. The molecule has 0 bridgehead atoms. The van der Waals surface area contributed by atoms with Gasteiger partial charge in [0.15, 0.2) is 10.8 Å². The molecular weight excluding hydrogens is 450 g/mol. The minimum absolute atomic E-state index is 0.182. The fourth-order valence-corrected chi connectivity index (χ4v) is 4.43. The highest BCUT2D eigenvalue weighted by molar-refractivity contribution is 7.23. The Morgan fingerprint density at radius 3 is 2.50 bits per heavy atom. The first kappa shape index (κ1) is 21.9. The summed E-state index contributed by atoms with van der Waals surface area (Å²) >= 11 is 1.56. The molecular formula is C24H25N7O2S. The van der Waals surface area contributed by atoms with Gasteiger partial charge in [-0.25, -0.2) is 14.8 Å². The number of aromatic nitrogens is 4. The minimum atomic E-state index is -0.389. The fourth-order valence-electron chi connectivity index (χ4n) is 3.45. The average Bonchev–Trinajstić information content (AvgIpc) is 3.48. The number of amides is 2. The fraction of sp³-hybridized carbons (Fsp3) is 0.250. The molecule has 2 amide bonds. The first-order valence-electron chi connectivity index (χ1n) is 10.8. The number of urea groups is 1. The van der Waals surface area contributed by atoms with Gasteiger partial charge >= 0.3 is 6.03 Å². The Hall–Kier alpha value is -3.92. The maximum absolute atomic E-state index is 12.3. The van der Waals surface area contributed by atoms with Crippen LogP contribution in [0.3, 0.4) is 0 Å². The van der Waals surface area contributed by atoms with Crippen LogP contribution in [0.2, 0.25) is 0 Å². The molecule has 5 aromatic rings. The van der Waals surface area contributed by atoms with Gasteiger partial charge in [-0.05, 0) is 24.3 Å². The van der Waals surface area contributed by atoms with Crippen LogP contribution in [0.1, 0.15) is 26.5 Å². The molecule has 174 valence electrons. The van der Waals surface area contributed by atoms with Crippen molar-refractivity contribution in [1.82, 2.24) is 19.5 Å². The topological polar surface area (TPSA) is 101 Å². The van der Waals surface area contributed by atoms with E-state index in [0.29, 0.717) is 17.3 Å². The van der Waals surface area contributed by atoms with Crippen molar-refractivity contribution in [2.24, 2.45) is 0 Å². The molecule has 0 unspecified atom stereocenters. The van der Waals surface area contributed by atoms with Crippen molar-refractivity contribution >= 4 is 50.0 Å². The highest BCUT2D eigenvalue weighted by atomic mass is 32.1. The standard InChI is InChI=1S/C24H25N7O2S/c1-24(2,3)18-12-19(29-33-18)27-22(32)25-15-8-6-14(7-9-15)16-13-31-17-10-11-20(30(4)5)28-21(17)34-23(31)26-16/h6-13H,1-5H3,(H2,25,27,29,32). The predicted molar refractivity (Wildman–Crippen MR) is 136 cm³/mol. The van der Waals surface area contributed by atoms with Crippen molar-refractivity contribution in [2.75, 3.05) is 29.6 Å². The molecule has 10 heteroatoms. The summed E-state index contributed by atoms with van der Waals surface area (Å²) in [5, 5.41) is 9.41. The van der Waals surface area contributed by atoms with Gasteiger partial charge < -0.3 is 14.7 Å². The number of imidazole rings is 1. The number of carbonyl (C=O) groups is 1. The summed E-state index contributed by atoms with van der Waals surface area (Å²) in [5.74, 6) is 1.99. The molecule has 0 saturated carbocycles. The van der Waals surface area contributed by atoms with Gasteiger partial charge in [0.1, 0.15) is 16.4 Å². The molecule has 0 radical (unpaired) electrons. The van der Waals surface area contributed by atoms with Gasteiger partial charge in [-0.15, -0.1) is 0 Å². The summed E-state index contributed by atoms with van der Waals surface area (Å²) in [6.07, 6.45) is 2.01. The summed E-state index contributed by atoms with van der Waals surface area (Å²) in [4.78, 5) is 25.6. The molecule has 1 aromatic carbocycles. The number of rotatable bonds is 4. The molecule has 2 N–H and O–H groups in total. The number of benzene rings is 1. The number of hydrogen-bond acceptors (Lipinski definition) is 7. The minimum Gasteiger partial charge on any atom is -0.363 e. The van der Waals surface area contributed by atoms with Crippen LogP contribution in [0.25, 0.3) is 26.6 Å². The molecule has 9 nitrogen and oxygen atoms in total. The lowest BCUT2D eigenvalue weighted by molar-refractivity contribution is 0.262. The molecule has 0 atom stereocenters. The van der Waals surface area contributed by atoms with E-state index in [2.05, 4.69) is 26.3 Å². The second-order valence-corrected chi connectivity index (χ2v) is 10.2. The second-order valence-electron chi connectivity index (χ2n) is 9.25. The van der Waals surface area contributed by atoms with Crippen molar-refractivity contribution in [3.05, 3.63) is 54.4 Å². The lowest BCUT2D eigenvalue weighted by Gasteiger charge is -2.12. The van der Waals surface area contributed by atoms with E-state index < -0.39 is 0 Å². The normalized spacial score (nSPS) is 11.8. The zero-order chi connectivity index (χ0) is 24.0. The van der Waals surface area contributed by atoms with Crippen molar-refractivity contribution in [3.8, 4) is 11.3 Å². The van der Waals surface area contributed by atoms with Crippen LogP contribution in [-0.4, -0.2) is 39.7 Å². The first-order valence-corrected chi connectivity index (χ1v) is 11.6. The molecule has 34 heavy (non-hydrogen) atoms. The van der Waals surface area contributed by atoms with Crippen LogP contribution in [0.4, 0.5) is 22.1 Å². The van der Waals surface area contributed by atoms with Gasteiger partial charge in [-0.1, -0.05) is 49.4 Å². The number of thiazole rings is 1. The lowest BCUT2D eigenvalue weighted by Crippen LogP contribution is -2.19. The molecule has 4 aromatic heterocycles. The van der Waals surface area contributed by atoms with Crippen molar-refractivity contribution < 1.29 is 9.32 Å². The highest BCUT2D eigenvalue weighted by Crippen LogP contribution is 2.30. The molecule has 0 aliphatic rings. The third-order valence-electron chi connectivity index (χ3n) is 5.33. The number of nitrogens with zero attached hydrogens (tertiary/aromatic N) is 5. The molecule has 0 aliphatic carbocycles. The van der Waals surface area contributed by atoms with Gasteiger partial charge in [0.2, 0.25) is 0 Å². The summed E-state index contributed by atoms with van der Waals surface area (Å²) in [6, 6.07) is 13.0. The maximum atomic E-state index is 12.3. The number of hydrogen-bond donors (Lipinski definition) is 2. The van der Waals surface area contributed by atoms with Gasteiger partial charge in [0.25, 0.3) is 0 Å². The van der Waals surface area contributed by atoms with Crippen molar-refractivity contribution in [3.63, 3.8) is 0 Å².